The van der Waals surface area contributed by atoms with E-state index in [0.29, 0.717) is 0 Å². The molecular formula is C12H15NO2. The summed E-state index contributed by atoms with van der Waals surface area (Å²) in [6.07, 6.45) is 2.77. The number of anilines is 1. The van der Waals surface area contributed by atoms with E-state index in [-0.39, 0.29) is 0 Å². The number of aliphatic carboxylic acids is 1. The Labute approximate surface area is 89.6 Å². The summed E-state index contributed by atoms with van der Waals surface area (Å²) in [5.74, 6) is -0.929. The molecule has 1 N–H and O–H groups in total. The van der Waals surface area contributed by atoms with Gasteiger partial charge in [-0.3, -0.25) is 0 Å². The van der Waals surface area contributed by atoms with Gasteiger partial charge in [0.15, 0.2) is 0 Å². The van der Waals surface area contributed by atoms with Crippen LogP contribution in [0.5, 0.6) is 0 Å². The van der Waals surface area contributed by atoms with Crippen LogP contribution in [0.2, 0.25) is 0 Å². The average molecular weight is 205 g/mol. The van der Waals surface area contributed by atoms with Crippen molar-refractivity contribution in [2.75, 3.05) is 19.0 Å². The van der Waals surface area contributed by atoms with Crippen molar-refractivity contribution >= 4 is 17.7 Å². The summed E-state index contributed by atoms with van der Waals surface area (Å²) in [6, 6.07) is 5.96. The number of carbonyl (C=O) groups is 1. The van der Waals surface area contributed by atoms with Crippen LogP contribution in [0.25, 0.3) is 6.08 Å². The third-order valence-corrected chi connectivity index (χ3v) is 2.07. The molecule has 3 heteroatoms. The van der Waals surface area contributed by atoms with Crippen molar-refractivity contribution < 1.29 is 9.90 Å². The molecule has 15 heavy (non-hydrogen) atoms. The average Bonchev–Trinajstić information content (AvgIpc) is 2.14. The smallest absolute Gasteiger partial charge is 0.328 e. The molecule has 1 rings (SSSR count). The maximum Gasteiger partial charge on any atom is 0.328 e. The molecule has 0 atom stereocenters. The minimum atomic E-state index is -0.929. The molecule has 0 saturated carbocycles. The van der Waals surface area contributed by atoms with Crippen LogP contribution < -0.4 is 4.90 Å². The van der Waals surface area contributed by atoms with Crippen molar-refractivity contribution in [3.63, 3.8) is 0 Å². The van der Waals surface area contributed by atoms with Crippen molar-refractivity contribution in [3.8, 4) is 0 Å². The summed E-state index contributed by atoms with van der Waals surface area (Å²) < 4.78 is 0. The summed E-state index contributed by atoms with van der Waals surface area (Å²) in [6.45, 7) is 1.98. The molecule has 0 spiro atoms. The summed E-state index contributed by atoms with van der Waals surface area (Å²) >= 11 is 0. The highest BCUT2D eigenvalue weighted by Crippen LogP contribution is 2.21. The first-order chi connectivity index (χ1) is 7.00. The fraction of sp³-hybridized carbons (Fsp3) is 0.250. The second-order valence-electron chi connectivity index (χ2n) is 3.63. The highest BCUT2D eigenvalue weighted by atomic mass is 16.4. The molecule has 0 aliphatic carbocycles. The van der Waals surface area contributed by atoms with Gasteiger partial charge >= 0.3 is 5.97 Å². The van der Waals surface area contributed by atoms with Gasteiger partial charge in [0.25, 0.3) is 0 Å². The molecule has 0 aliphatic heterocycles. The lowest BCUT2D eigenvalue weighted by atomic mass is 10.1. The Kier molecular flexibility index (Phi) is 3.50. The lowest BCUT2D eigenvalue weighted by Gasteiger charge is -2.16. The van der Waals surface area contributed by atoms with E-state index >= 15 is 0 Å². The predicted molar refractivity (Wildman–Crippen MR) is 62.2 cm³/mol. The zero-order chi connectivity index (χ0) is 11.4. The van der Waals surface area contributed by atoms with Gasteiger partial charge in [-0.05, 0) is 30.7 Å². The first-order valence-electron chi connectivity index (χ1n) is 4.69. The van der Waals surface area contributed by atoms with Crippen molar-refractivity contribution in [2.45, 2.75) is 6.92 Å². The molecule has 0 bridgehead atoms. The van der Waals surface area contributed by atoms with Gasteiger partial charge in [0.1, 0.15) is 0 Å². The molecule has 0 heterocycles. The molecule has 1 aromatic rings. The summed E-state index contributed by atoms with van der Waals surface area (Å²) in [5, 5.41) is 8.57. The Bertz CT molecular complexity index is 395. The van der Waals surface area contributed by atoms with Crippen LogP contribution in [0.1, 0.15) is 11.1 Å². The van der Waals surface area contributed by atoms with Gasteiger partial charge in [-0.15, -0.1) is 0 Å². The topological polar surface area (TPSA) is 40.5 Å². The number of carboxylic acid groups (broad SMARTS) is 1. The van der Waals surface area contributed by atoms with Gasteiger partial charge < -0.3 is 10.0 Å². The number of carboxylic acids is 1. The molecule has 0 aromatic heterocycles. The zero-order valence-corrected chi connectivity index (χ0v) is 9.19. The van der Waals surface area contributed by atoms with Crippen molar-refractivity contribution in [1.82, 2.24) is 0 Å². The first-order valence-corrected chi connectivity index (χ1v) is 4.69. The molecular weight excluding hydrogens is 190 g/mol. The van der Waals surface area contributed by atoms with Gasteiger partial charge in [-0.1, -0.05) is 11.6 Å². The minimum absolute atomic E-state index is 0.919. The monoisotopic (exact) mass is 205 g/mol. The van der Waals surface area contributed by atoms with Crippen molar-refractivity contribution in [3.05, 3.63) is 35.4 Å². The van der Waals surface area contributed by atoms with Gasteiger partial charge in [0.2, 0.25) is 0 Å². The van der Waals surface area contributed by atoms with Crippen LogP contribution in [0.15, 0.2) is 24.3 Å². The molecule has 0 radical (unpaired) electrons. The molecule has 1 aromatic carbocycles. The zero-order valence-electron chi connectivity index (χ0n) is 9.19. The highest BCUT2D eigenvalue weighted by Gasteiger charge is 2.02. The van der Waals surface area contributed by atoms with E-state index in [1.165, 1.54) is 0 Å². The normalized spacial score (nSPS) is 10.6. The lowest BCUT2D eigenvalue weighted by molar-refractivity contribution is -0.131. The van der Waals surface area contributed by atoms with E-state index in [4.69, 9.17) is 5.11 Å². The molecule has 80 valence electrons. The molecule has 0 amide bonds. The number of hydrogen-bond donors (Lipinski definition) is 1. The van der Waals surface area contributed by atoms with Gasteiger partial charge in [-0.2, -0.15) is 0 Å². The van der Waals surface area contributed by atoms with Crippen molar-refractivity contribution in [2.24, 2.45) is 0 Å². The number of benzene rings is 1. The van der Waals surface area contributed by atoms with Gasteiger partial charge in [-0.25, -0.2) is 4.79 Å². The second kappa shape index (κ2) is 4.64. The van der Waals surface area contributed by atoms with Crippen LogP contribution in [-0.4, -0.2) is 25.2 Å². The van der Waals surface area contributed by atoms with E-state index in [2.05, 4.69) is 0 Å². The highest BCUT2D eigenvalue weighted by molar-refractivity contribution is 5.87. The van der Waals surface area contributed by atoms with Crippen LogP contribution in [0, 0.1) is 6.92 Å². The first kappa shape index (κ1) is 11.3. The van der Waals surface area contributed by atoms with E-state index in [0.717, 1.165) is 22.9 Å². The Hall–Kier alpha value is -1.77. The van der Waals surface area contributed by atoms with E-state index < -0.39 is 5.97 Å². The standard InChI is InChI=1S/C12H15NO2/c1-9-4-6-11(13(2)3)10(8-9)5-7-12(14)15/h4-8H,1-3H3,(H,14,15)/b7-5+. The minimum Gasteiger partial charge on any atom is -0.478 e. The van der Waals surface area contributed by atoms with E-state index in [9.17, 15) is 4.79 Å². The molecule has 0 aliphatic rings. The number of aryl methyl sites for hydroxylation is 1. The van der Waals surface area contributed by atoms with Crippen LogP contribution in [0.4, 0.5) is 5.69 Å². The largest absolute Gasteiger partial charge is 0.478 e. The maximum absolute atomic E-state index is 10.4. The van der Waals surface area contributed by atoms with E-state index in [1.807, 2.05) is 44.1 Å². The fourth-order valence-corrected chi connectivity index (χ4v) is 1.38. The van der Waals surface area contributed by atoms with Gasteiger partial charge in [0.05, 0.1) is 0 Å². The molecule has 0 saturated heterocycles. The molecule has 0 unspecified atom stereocenters. The number of rotatable bonds is 3. The predicted octanol–water partition coefficient (Wildman–Crippen LogP) is 2.16. The Morgan fingerprint density at radius 2 is 2.07 bits per heavy atom. The van der Waals surface area contributed by atoms with Gasteiger partial charge in [0, 0.05) is 25.9 Å². The van der Waals surface area contributed by atoms with E-state index in [1.54, 1.807) is 6.08 Å². The van der Waals surface area contributed by atoms with Crippen LogP contribution in [-0.2, 0) is 4.79 Å². The third-order valence-electron chi connectivity index (χ3n) is 2.07. The maximum atomic E-state index is 10.4. The SMILES string of the molecule is Cc1ccc(N(C)C)c(/C=C/C(=O)O)c1. The Morgan fingerprint density at radius 3 is 2.60 bits per heavy atom. The number of nitrogens with zero attached hydrogens (tertiary/aromatic N) is 1. The Balaban J connectivity index is 3.13. The summed E-state index contributed by atoms with van der Waals surface area (Å²) in [7, 11) is 3.87. The molecule has 0 fully saturated rings. The third kappa shape index (κ3) is 3.13. The van der Waals surface area contributed by atoms with Crippen molar-refractivity contribution in [1.29, 1.82) is 0 Å². The summed E-state index contributed by atoms with van der Waals surface area (Å²) in [4.78, 5) is 12.4. The molecule has 3 nitrogen and oxygen atoms in total. The van der Waals surface area contributed by atoms with Crippen LogP contribution in [0.3, 0.4) is 0 Å². The number of hydrogen-bond acceptors (Lipinski definition) is 2. The summed E-state index contributed by atoms with van der Waals surface area (Å²) in [5.41, 5.74) is 3.05. The Morgan fingerprint density at radius 1 is 1.40 bits per heavy atom. The van der Waals surface area contributed by atoms with Crippen LogP contribution >= 0.6 is 0 Å². The second-order valence-corrected chi connectivity index (χ2v) is 3.63. The lowest BCUT2D eigenvalue weighted by Crippen LogP contribution is -2.10. The quantitative estimate of drug-likeness (QED) is 0.769. The fourth-order valence-electron chi connectivity index (χ4n) is 1.38.